The lowest BCUT2D eigenvalue weighted by Crippen LogP contribution is -2.49. The van der Waals surface area contributed by atoms with Gasteiger partial charge in [-0.15, -0.1) is 0 Å². The molecular weight excluding hydrogens is 224 g/mol. The summed E-state index contributed by atoms with van der Waals surface area (Å²) in [6, 6.07) is 0. The molecule has 0 aromatic heterocycles. The Morgan fingerprint density at radius 2 is 1.19 bits per heavy atom. The molecule has 4 N–H and O–H groups in total. The second-order valence-corrected chi connectivity index (χ2v) is 2.67. The summed E-state index contributed by atoms with van der Waals surface area (Å²) in [5.41, 5.74) is -4.74. The van der Waals surface area contributed by atoms with Crippen LogP contribution in [0.5, 0.6) is 0 Å². The van der Waals surface area contributed by atoms with E-state index in [1.165, 1.54) is 0 Å². The van der Waals surface area contributed by atoms with Gasteiger partial charge >= 0.3 is 23.9 Å². The molecule has 8 nitrogen and oxygen atoms in total. The number of carboxylic acid groups (broad SMARTS) is 4. The number of carbonyl (C=O) groups is 4. The highest BCUT2D eigenvalue weighted by Crippen LogP contribution is 2.29. The first-order chi connectivity index (χ1) is 7.22. The van der Waals surface area contributed by atoms with Crippen LogP contribution in [0.4, 0.5) is 0 Å². The maximum absolute atomic E-state index is 10.7. The van der Waals surface area contributed by atoms with E-state index >= 15 is 0 Å². The molecule has 0 atom stereocenters. The lowest BCUT2D eigenvalue weighted by Gasteiger charge is -2.20. The molecule has 0 aliphatic heterocycles. The van der Waals surface area contributed by atoms with Gasteiger partial charge in [0.15, 0.2) is 0 Å². The molecule has 88 valence electrons. The first-order valence-electron chi connectivity index (χ1n) is 3.83. The standard InChI is InChI=1S/C8H8O8/c1-2-3(4(9)10)8(5(11)12,6(13)14)7(15)16/h2H,1H3,(H,9,10)(H,11,12)(H,13,14)(H,15,16). The summed E-state index contributed by atoms with van der Waals surface area (Å²) < 4.78 is 0. The molecule has 0 aromatic rings. The Labute approximate surface area is 88.4 Å². The van der Waals surface area contributed by atoms with Gasteiger partial charge in [-0.05, 0) is 6.92 Å². The van der Waals surface area contributed by atoms with E-state index in [0.717, 1.165) is 6.92 Å². The fourth-order valence-electron chi connectivity index (χ4n) is 1.12. The second-order valence-electron chi connectivity index (χ2n) is 2.67. The average molecular weight is 232 g/mol. The molecule has 0 aliphatic carbocycles. The van der Waals surface area contributed by atoms with E-state index in [2.05, 4.69) is 0 Å². The van der Waals surface area contributed by atoms with Crippen LogP contribution in [-0.4, -0.2) is 44.3 Å². The molecule has 0 heterocycles. The summed E-state index contributed by atoms with van der Waals surface area (Å²) in [4.78, 5) is 42.9. The van der Waals surface area contributed by atoms with Crippen molar-refractivity contribution in [2.45, 2.75) is 6.92 Å². The van der Waals surface area contributed by atoms with Crippen molar-refractivity contribution < 1.29 is 39.6 Å². The van der Waals surface area contributed by atoms with Crippen LogP contribution < -0.4 is 0 Å². The van der Waals surface area contributed by atoms with Gasteiger partial charge in [0.25, 0.3) is 5.41 Å². The smallest absolute Gasteiger partial charge is 0.337 e. The van der Waals surface area contributed by atoms with E-state index in [1.54, 1.807) is 0 Å². The Kier molecular flexibility index (Phi) is 3.77. The van der Waals surface area contributed by atoms with Crippen molar-refractivity contribution in [3.05, 3.63) is 11.6 Å². The fourth-order valence-corrected chi connectivity index (χ4v) is 1.12. The first-order valence-corrected chi connectivity index (χ1v) is 3.83. The van der Waals surface area contributed by atoms with Crippen LogP contribution in [0, 0.1) is 5.41 Å². The quantitative estimate of drug-likeness (QED) is 0.357. The average Bonchev–Trinajstić information content (AvgIpc) is 2.10. The fraction of sp³-hybridized carbons (Fsp3) is 0.250. The monoisotopic (exact) mass is 232 g/mol. The topological polar surface area (TPSA) is 149 Å². The summed E-state index contributed by atoms with van der Waals surface area (Å²) in [5.74, 6) is -8.75. The highest BCUT2D eigenvalue weighted by Gasteiger charge is 2.59. The highest BCUT2D eigenvalue weighted by atomic mass is 16.4. The van der Waals surface area contributed by atoms with Crippen molar-refractivity contribution in [1.29, 1.82) is 0 Å². The molecule has 0 rings (SSSR count). The number of rotatable bonds is 5. The zero-order chi connectivity index (χ0) is 13.1. The maximum Gasteiger partial charge on any atom is 0.337 e. The Bertz CT molecular complexity index is 355. The van der Waals surface area contributed by atoms with E-state index in [-0.39, 0.29) is 0 Å². The zero-order valence-corrected chi connectivity index (χ0v) is 8.00. The van der Waals surface area contributed by atoms with Gasteiger partial charge in [-0.3, -0.25) is 0 Å². The Morgan fingerprint density at radius 3 is 1.25 bits per heavy atom. The van der Waals surface area contributed by atoms with Crippen molar-refractivity contribution in [3.8, 4) is 0 Å². The summed E-state index contributed by atoms with van der Waals surface area (Å²) in [6.45, 7) is 1.03. The molecule has 0 aliphatic rings. The van der Waals surface area contributed by atoms with E-state index in [0.29, 0.717) is 6.08 Å². The molecule has 0 spiro atoms. The lowest BCUT2D eigenvalue weighted by atomic mass is 9.79. The Hall–Kier alpha value is -2.38. The minimum absolute atomic E-state index is 0.624. The third-order valence-corrected chi connectivity index (χ3v) is 1.89. The minimum Gasteiger partial charge on any atom is -0.480 e. The van der Waals surface area contributed by atoms with Gasteiger partial charge in [0.2, 0.25) is 0 Å². The SMILES string of the molecule is CC=C(C(=O)O)C(C(=O)O)(C(=O)O)C(=O)O. The number of carboxylic acids is 4. The van der Waals surface area contributed by atoms with Gasteiger partial charge in [0.1, 0.15) is 0 Å². The Morgan fingerprint density at radius 1 is 0.875 bits per heavy atom. The number of hydrogen-bond acceptors (Lipinski definition) is 4. The van der Waals surface area contributed by atoms with Gasteiger partial charge in [0, 0.05) is 0 Å². The number of hydrogen-bond donors (Lipinski definition) is 4. The van der Waals surface area contributed by atoms with Crippen LogP contribution in [0.25, 0.3) is 0 Å². The molecule has 0 saturated heterocycles. The predicted molar refractivity (Wildman–Crippen MR) is 46.7 cm³/mol. The van der Waals surface area contributed by atoms with Gasteiger partial charge in [0.05, 0.1) is 5.57 Å². The molecule has 0 saturated carbocycles. The van der Waals surface area contributed by atoms with Crippen molar-refractivity contribution in [3.63, 3.8) is 0 Å². The molecule has 0 amide bonds. The number of aliphatic carboxylic acids is 4. The molecule has 0 bridgehead atoms. The first kappa shape index (κ1) is 13.6. The van der Waals surface area contributed by atoms with Crippen LogP contribution in [0.1, 0.15) is 6.92 Å². The Balaban J connectivity index is 6.12. The van der Waals surface area contributed by atoms with Gasteiger partial charge in [-0.2, -0.15) is 0 Å². The molecule has 0 fully saturated rings. The van der Waals surface area contributed by atoms with E-state index in [9.17, 15) is 19.2 Å². The van der Waals surface area contributed by atoms with Crippen LogP contribution in [-0.2, 0) is 19.2 Å². The van der Waals surface area contributed by atoms with Crippen LogP contribution in [0.15, 0.2) is 11.6 Å². The summed E-state index contributed by atoms with van der Waals surface area (Å²) in [6.07, 6.45) is 0.624. The maximum atomic E-state index is 10.7. The van der Waals surface area contributed by atoms with Crippen molar-refractivity contribution >= 4 is 23.9 Å². The second kappa shape index (κ2) is 4.43. The molecule has 0 unspecified atom stereocenters. The van der Waals surface area contributed by atoms with E-state index < -0.39 is 34.9 Å². The number of allylic oxidation sites excluding steroid dienone is 1. The third kappa shape index (κ3) is 1.72. The van der Waals surface area contributed by atoms with Crippen molar-refractivity contribution in [1.82, 2.24) is 0 Å². The molecule has 0 aromatic carbocycles. The molecule has 0 radical (unpaired) electrons. The van der Waals surface area contributed by atoms with Crippen LogP contribution in [0.2, 0.25) is 0 Å². The van der Waals surface area contributed by atoms with Crippen molar-refractivity contribution in [2.75, 3.05) is 0 Å². The summed E-state index contributed by atoms with van der Waals surface area (Å²) in [5, 5.41) is 34.5. The minimum atomic E-state index is -3.50. The predicted octanol–water partition coefficient (Wildman–Crippen LogP) is -0.742. The largest absolute Gasteiger partial charge is 0.480 e. The van der Waals surface area contributed by atoms with Crippen LogP contribution >= 0.6 is 0 Å². The van der Waals surface area contributed by atoms with E-state index in [4.69, 9.17) is 20.4 Å². The molecule has 16 heavy (non-hydrogen) atoms. The van der Waals surface area contributed by atoms with Gasteiger partial charge < -0.3 is 20.4 Å². The van der Waals surface area contributed by atoms with Crippen molar-refractivity contribution in [2.24, 2.45) is 5.41 Å². The van der Waals surface area contributed by atoms with E-state index in [1.807, 2.05) is 0 Å². The summed E-state index contributed by atoms with van der Waals surface area (Å²) in [7, 11) is 0. The summed E-state index contributed by atoms with van der Waals surface area (Å²) >= 11 is 0. The third-order valence-electron chi connectivity index (χ3n) is 1.89. The highest BCUT2D eigenvalue weighted by molar-refractivity contribution is 6.24. The van der Waals surface area contributed by atoms with Crippen LogP contribution in [0.3, 0.4) is 0 Å². The van der Waals surface area contributed by atoms with Gasteiger partial charge in [-0.1, -0.05) is 6.08 Å². The molecular formula is C8H8O8. The normalized spacial score (nSPS) is 11.9. The zero-order valence-electron chi connectivity index (χ0n) is 8.00. The van der Waals surface area contributed by atoms with Gasteiger partial charge in [-0.25, -0.2) is 19.2 Å². The molecule has 8 heteroatoms. The lowest BCUT2D eigenvalue weighted by molar-refractivity contribution is -0.174.